The van der Waals surface area contributed by atoms with Crippen molar-refractivity contribution in [1.82, 2.24) is 19.7 Å². The summed E-state index contributed by atoms with van der Waals surface area (Å²) in [5.41, 5.74) is -0.972. The highest BCUT2D eigenvalue weighted by Crippen LogP contribution is 2.32. The van der Waals surface area contributed by atoms with Crippen LogP contribution in [-0.4, -0.2) is 32.3 Å². The molecule has 0 amide bonds. The van der Waals surface area contributed by atoms with Gasteiger partial charge in [0, 0.05) is 6.20 Å². The summed E-state index contributed by atoms with van der Waals surface area (Å²) in [4.78, 5) is 18.6. The van der Waals surface area contributed by atoms with Crippen LogP contribution in [0.15, 0.2) is 24.7 Å². The molecular formula is C11H9F3N4O2. The molecule has 0 saturated carbocycles. The van der Waals surface area contributed by atoms with Crippen molar-refractivity contribution in [2.75, 3.05) is 6.61 Å². The average molecular weight is 286 g/mol. The monoisotopic (exact) mass is 286 g/mol. The highest BCUT2D eigenvalue weighted by molar-refractivity contribution is 5.84. The van der Waals surface area contributed by atoms with Gasteiger partial charge in [-0.2, -0.15) is 13.2 Å². The minimum atomic E-state index is -4.58. The molecule has 2 aromatic heterocycles. The first-order valence-electron chi connectivity index (χ1n) is 5.55. The van der Waals surface area contributed by atoms with Crippen molar-refractivity contribution in [1.29, 1.82) is 0 Å². The van der Waals surface area contributed by atoms with E-state index in [9.17, 15) is 18.0 Å². The molecule has 2 rings (SSSR count). The second-order valence-corrected chi connectivity index (χ2v) is 3.61. The van der Waals surface area contributed by atoms with E-state index in [0.717, 1.165) is 23.1 Å². The molecule has 0 saturated heterocycles. The molecule has 0 radical (unpaired) electrons. The third-order valence-electron chi connectivity index (χ3n) is 2.26. The highest BCUT2D eigenvalue weighted by Gasteiger charge is 2.35. The van der Waals surface area contributed by atoms with E-state index >= 15 is 0 Å². The van der Waals surface area contributed by atoms with E-state index in [1.165, 1.54) is 6.20 Å². The Morgan fingerprint density at radius 3 is 2.80 bits per heavy atom. The van der Waals surface area contributed by atoms with Gasteiger partial charge in [-0.1, -0.05) is 0 Å². The molecule has 0 fully saturated rings. The van der Waals surface area contributed by atoms with Gasteiger partial charge in [-0.25, -0.2) is 19.4 Å². The van der Waals surface area contributed by atoms with Gasteiger partial charge < -0.3 is 4.74 Å². The number of ether oxygens (including phenoxy) is 1. The van der Waals surface area contributed by atoms with Crippen LogP contribution in [0.25, 0.3) is 5.82 Å². The Kier molecular flexibility index (Phi) is 3.68. The van der Waals surface area contributed by atoms with Gasteiger partial charge in [0.25, 0.3) is 5.82 Å². The Morgan fingerprint density at radius 2 is 2.15 bits per heavy atom. The summed E-state index contributed by atoms with van der Waals surface area (Å²) in [7, 11) is 0. The van der Waals surface area contributed by atoms with Crippen LogP contribution in [-0.2, 0) is 10.9 Å². The van der Waals surface area contributed by atoms with Crippen LogP contribution in [0.4, 0.5) is 13.2 Å². The molecule has 0 spiro atoms. The molecule has 9 heteroatoms. The van der Waals surface area contributed by atoms with Crippen LogP contribution in [0.5, 0.6) is 0 Å². The number of carbonyl (C=O) groups is 1. The Balaban J connectivity index is 2.41. The fourth-order valence-electron chi connectivity index (χ4n) is 1.46. The molecule has 2 aromatic rings. The van der Waals surface area contributed by atoms with Crippen molar-refractivity contribution in [3.63, 3.8) is 0 Å². The zero-order valence-corrected chi connectivity index (χ0v) is 10.3. The zero-order valence-electron chi connectivity index (χ0n) is 10.3. The highest BCUT2D eigenvalue weighted by atomic mass is 19.4. The number of rotatable bonds is 3. The minimum absolute atomic E-state index is 0.116. The molecule has 2 heterocycles. The first kappa shape index (κ1) is 14.0. The predicted octanol–water partition coefficient (Wildman–Crippen LogP) is 1.86. The summed E-state index contributed by atoms with van der Waals surface area (Å²) in [6, 6.07) is 2.03. The lowest BCUT2D eigenvalue weighted by Gasteiger charge is -2.10. The summed E-state index contributed by atoms with van der Waals surface area (Å²) in [5.74, 6) is -1.59. The van der Waals surface area contributed by atoms with Crippen LogP contribution in [0, 0.1) is 0 Å². The Hall–Kier alpha value is -2.45. The van der Waals surface area contributed by atoms with Crippen molar-refractivity contribution in [3.8, 4) is 5.82 Å². The molecule has 0 unspecified atom stereocenters. The number of aromatic nitrogens is 4. The zero-order chi connectivity index (χ0) is 14.8. The number of halogens is 3. The van der Waals surface area contributed by atoms with E-state index in [4.69, 9.17) is 0 Å². The van der Waals surface area contributed by atoms with E-state index in [1.807, 2.05) is 0 Å². The maximum atomic E-state index is 12.8. The maximum absolute atomic E-state index is 12.8. The summed E-state index contributed by atoms with van der Waals surface area (Å²) in [6.45, 7) is 1.71. The molecular weight excluding hydrogens is 277 g/mol. The molecule has 0 N–H and O–H groups in total. The second kappa shape index (κ2) is 5.27. The van der Waals surface area contributed by atoms with Gasteiger partial charge in [-0.3, -0.25) is 0 Å². The third-order valence-corrected chi connectivity index (χ3v) is 2.26. The summed E-state index contributed by atoms with van der Waals surface area (Å²) in [5, 5.41) is 3.64. The number of pyridine rings is 1. The van der Waals surface area contributed by atoms with E-state index in [2.05, 4.69) is 19.8 Å². The minimum Gasteiger partial charge on any atom is -0.460 e. The van der Waals surface area contributed by atoms with Crippen molar-refractivity contribution < 1.29 is 22.7 Å². The van der Waals surface area contributed by atoms with Crippen molar-refractivity contribution in [2.24, 2.45) is 0 Å². The van der Waals surface area contributed by atoms with E-state index in [-0.39, 0.29) is 12.4 Å². The van der Waals surface area contributed by atoms with Crippen molar-refractivity contribution in [2.45, 2.75) is 13.1 Å². The second-order valence-electron chi connectivity index (χ2n) is 3.61. The normalized spacial score (nSPS) is 11.4. The first-order valence-corrected chi connectivity index (χ1v) is 5.55. The van der Waals surface area contributed by atoms with Crippen molar-refractivity contribution in [3.05, 3.63) is 36.0 Å². The van der Waals surface area contributed by atoms with Gasteiger partial charge in [0.15, 0.2) is 5.82 Å². The predicted molar refractivity (Wildman–Crippen MR) is 60.1 cm³/mol. The van der Waals surface area contributed by atoms with Gasteiger partial charge in [-0.15, -0.1) is 5.10 Å². The van der Waals surface area contributed by atoms with E-state index in [1.54, 1.807) is 6.92 Å². The molecule has 0 atom stereocenters. The van der Waals surface area contributed by atoms with Crippen LogP contribution >= 0.6 is 0 Å². The number of alkyl halides is 3. The maximum Gasteiger partial charge on any atom is 0.420 e. The van der Waals surface area contributed by atoms with E-state index in [0.29, 0.717) is 0 Å². The van der Waals surface area contributed by atoms with Crippen LogP contribution in [0.2, 0.25) is 0 Å². The molecule has 0 aromatic carbocycles. The average Bonchev–Trinajstić information content (AvgIpc) is 2.87. The van der Waals surface area contributed by atoms with Gasteiger partial charge in [0.1, 0.15) is 11.9 Å². The molecule has 6 nitrogen and oxygen atoms in total. The Labute approximate surface area is 111 Å². The largest absolute Gasteiger partial charge is 0.460 e. The molecule has 0 bridgehead atoms. The first-order chi connectivity index (χ1) is 9.43. The summed E-state index contributed by atoms with van der Waals surface area (Å²) >= 11 is 0. The summed E-state index contributed by atoms with van der Waals surface area (Å²) in [6.07, 6.45) is -2.42. The molecule has 20 heavy (non-hydrogen) atoms. The lowest BCUT2D eigenvalue weighted by atomic mass is 10.2. The SMILES string of the molecule is CCOC(=O)c1ncn(-c2ncccc2C(F)(F)F)n1. The number of hydrogen-bond donors (Lipinski definition) is 0. The fraction of sp³-hybridized carbons (Fsp3) is 0.273. The number of carbonyl (C=O) groups excluding carboxylic acids is 1. The van der Waals surface area contributed by atoms with Gasteiger partial charge in [0.2, 0.25) is 0 Å². The van der Waals surface area contributed by atoms with Crippen molar-refractivity contribution >= 4 is 5.97 Å². The number of nitrogens with zero attached hydrogens (tertiary/aromatic N) is 4. The lowest BCUT2D eigenvalue weighted by Crippen LogP contribution is -2.13. The number of hydrogen-bond acceptors (Lipinski definition) is 5. The topological polar surface area (TPSA) is 69.9 Å². The number of esters is 1. The lowest BCUT2D eigenvalue weighted by molar-refractivity contribution is -0.137. The van der Waals surface area contributed by atoms with Crippen LogP contribution < -0.4 is 0 Å². The van der Waals surface area contributed by atoms with Crippen LogP contribution in [0.1, 0.15) is 23.1 Å². The Morgan fingerprint density at radius 1 is 1.40 bits per heavy atom. The Bertz CT molecular complexity index is 624. The molecule has 106 valence electrons. The molecule has 0 aliphatic heterocycles. The fourth-order valence-corrected chi connectivity index (χ4v) is 1.46. The summed E-state index contributed by atoms with van der Waals surface area (Å²) < 4.78 is 43.9. The van der Waals surface area contributed by atoms with Crippen LogP contribution in [0.3, 0.4) is 0 Å². The van der Waals surface area contributed by atoms with E-state index < -0.39 is 23.5 Å². The quantitative estimate of drug-likeness (QED) is 0.805. The molecule has 0 aliphatic carbocycles. The van der Waals surface area contributed by atoms with Gasteiger partial charge in [0.05, 0.1) is 6.61 Å². The smallest absolute Gasteiger partial charge is 0.420 e. The van der Waals surface area contributed by atoms with Gasteiger partial charge in [-0.05, 0) is 19.1 Å². The standard InChI is InChI=1S/C11H9F3N4O2/c1-2-20-10(19)8-16-6-18(17-8)9-7(11(12,13)14)4-3-5-15-9/h3-6H,2H2,1H3. The van der Waals surface area contributed by atoms with Gasteiger partial charge >= 0.3 is 12.1 Å². The molecule has 0 aliphatic rings. The third kappa shape index (κ3) is 2.76.